The lowest BCUT2D eigenvalue weighted by atomic mass is 10.1. The Kier molecular flexibility index (Phi) is 4.29. The fourth-order valence-corrected chi connectivity index (χ4v) is 1.86. The molecule has 0 unspecified atom stereocenters. The topological polar surface area (TPSA) is 29.1 Å². The van der Waals surface area contributed by atoms with Gasteiger partial charge in [-0.25, -0.2) is 4.39 Å². The molecule has 0 atom stereocenters. The first-order chi connectivity index (χ1) is 9.17. The largest absolute Gasteiger partial charge is 0.326 e. The van der Waals surface area contributed by atoms with Gasteiger partial charge in [-0.15, -0.1) is 0 Å². The molecule has 98 valence electrons. The van der Waals surface area contributed by atoms with Gasteiger partial charge in [0.25, 0.3) is 0 Å². The predicted octanol–water partition coefficient (Wildman–Crippen LogP) is 3.57. The van der Waals surface area contributed by atoms with E-state index >= 15 is 0 Å². The van der Waals surface area contributed by atoms with Crippen molar-refractivity contribution in [3.8, 4) is 0 Å². The lowest BCUT2D eigenvalue weighted by Crippen LogP contribution is -2.14. The van der Waals surface area contributed by atoms with Crippen molar-refractivity contribution >= 4 is 11.6 Å². The maximum Gasteiger partial charge on any atom is 0.228 e. The SMILES string of the molecule is CCc1cccc(NC(=O)Cc2ccc(F)cc2)c1. The van der Waals surface area contributed by atoms with Crippen molar-refractivity contribution in [2.24, 2.45) is 0 Å². The molecule has 0 aliphatic heterocycles. The Morgan fingerprint density at radius 1 is 1.11 bits per heavy atom. The van der Waals surface area contributed by atoms with E-state index in [1.165, 1.54) is 17.7 Å². The molecular formula is C16H16FNO. The summed E-state index contributed by atoms with van der Waals surface area (Å²) in [6.45, 7) is 2.07. The zero-order chi connectivity index (χ0) is 13.7. The van der Waals surface area contributed by atoms with E-state index in [1.807, 2.05) is 24.3 Å². The Morgan fingerprint density at radius 2 is 1.84 bits per heavy atom. The van der Waals surface area contributed by atoms with Gasteiger partial charge in [0.05, 0.1) is 6.42 Å². The maximum absolute atomic E-state index is 12.8. The van der Waals surface area contributed by atoms with Crippen LogP contribution in [0.2, 0.25) is 0 Å². The Morgan fingerprint density at radius 3 is 2.53 bits per heavy atom. The Bertz CT molecular complexity index is 563. The van der Waals surface area contributed by atoms with Crippen LogP contribution in [-0.4, -0.2) is 5.91 Å². The highest BCUT2D eigenvalue weighted by Crippen LogP contribution is 2.12. The molecule has 0 aliphatic carbocycles. The van der Waals surface area contributed by atoms with E-state index in [0.717, 1.165) is 17.7 Å². The summed E-state index contributed by atoms with van der Waals surface area (Å²) in [4.78, 5) is 11.9. The number of hydrogen-bond acceptors (Lipinski definition) is 1. The average molecular weight is 257 g/mol. The van der Waals surface area contributed by atoms with Gasteiger partial charge in [0.2, 0.25) is 5.91 Å². The van der Waals surface area contributed by atoms with Gasteiger partial charge in [-0.3, -0.25) is 4.79 Å². The van der Waals surface area contributed by atoms with Crippen molar-refractivity contribution in [1.29, 1.82) is 0 Å². The maximum atomic E-state index is 12.8. The number of amides is 1. The molecule has 0 spiro atoms. The van der Waals surface area contributed by atoms with Gasteiger partial charge in [0.15, 0.2) is 0 Å². The number of halogens is 1. The molecule has 2 nitrogen and oxygen atoms in total. The van der Waals surface area contributed by atoms with Crippen molar-refractivity contribution in [1.82, 2.24) is 0 Å². The first kappa shape index (κ1) is 13.3. The van der Waals surface area contributed by atoms with Crippen LogP contribution in [-0.2, 0) is 17.6 Å². The highest BCUT2D eigenvalue weighted by molar-refractivity contribution is 5.92. The van der Waals surface area contributed by atoms with Crippen LogP contribution in [0.3, 0.4) is 0 Å². The minimum absolute atomic E-state index is 0.0974. The van der Waals surface area contributed by atoms with Gasteiger partial charge in [0, 0.05) is 5.69 Å². The lowest BCUT2D eigenvalue weighted by Gasteiger charge is -2.06. The number of anilines is 1. The van der Waals surface area contributed by atoms with Crippen molar-refractivity contribution < 1.29 is 9.18 Å². The smallest absolute Gasteiger partial charge is 0.228 e. The minimum Gasteiger partial charge on any atom is -0.326 e. The second-order valence-corrected chi connectivity index (χ2v) is 4.41. The lowest BCUT2D eigenvalue weighted by molar-refractivity contribution is -0.115. The summed E-state index contributed by atoms with van der Waals surface area (Å²) in [6, 6.07) is 13.7. The zero-order valence-electron chi connectivity index (χ0n) is 10.8. The van der Waals surface area contributed by atoms with Gasteiger partial charge < -0.3 is 5.32 Å². The molecule has 1 amide bonds. The van der Waals surface area contributed by atoms with Crippen LogP contribution in [0.15, 0.2) is 48.5 Å². The van der Waals surface area contributed by atoms with Crippen LogP contribution < -0.4 is 5.32 Å². The number of carbonyl (C=O) groups is 1. The molecule has 1 N–H and O–H groups in total. The third kappa shape index (κ3) is 3.91. The third-order valence-electron chi connectivity index (χ3n) is 2.90. The number of carbonyl (C=O) groups excluding carboxylic acids is 1. The molecular weight excluding hydrogens is 241 g/mol. The number of nitrogens with one attached hydrogen (secondary N) is 1. The van der Waals surface area contributed by atoms with E-state index in [9.17, 15) is 9.18 Å². The molecule has 2 aromatic rings. The quantitative estimate of drug-likeness (QED) is 0.891. The van der Waals surface area contributed by atoms with Crippen LogP contribution in [0.5, 0.6) is 0 Å². The molecule has 0 radical (unpaired) electrons. The Labute approximate surface area is 112 Å². The second-order valence-electron chi connectivity index (χ2n) is 4.41. The van der Waals surface area contributed by atoms with Gasteiger partial charge >= 0.3 is 0 Å². The van der Waals surface area contributed by atoms with Crippen molar-refractivity contribution in [2.75, 3.05) is 5.32 Å². The van der Waals surface area contributed by atoms with Crippen LogP contribution in [0.4, 0.5) is 10.1 Å². The predicted molar refractivity (Wildman–Crippen MR) is 74.6 cm³/mol. The van der Waals surface area contributed by atoms with Crippen molar-refractivity contribution in [2.45, 2.75) is 19.8 Å². The number of rotatable bonds is 4. The molecule has 19 heavy (non-hydrogen) atoms. The summed E-state index contributed by atoms with van der Waals surface area (Å²) < 4.78 is 12.8. The highest BCUT2D eigenvalue weighted by atomic mass is 19.1. The van der Waals surface area contributed by atoms with E-state index in [4.69, 9.17) is 0 Å². The summed E-state index contributed by atoms with van der Waals surface area (Å²) in [5.74, 6) is -0.389. The van der Waals surface area contributed by atoms with Crippen molar-refractivity contribution in [3.63, 3.8) is 0 Å². The van der Waals surface area contributed by atoms with E-state index in [2.05, 4.69) is 12.2 Å². The molecule has 0 aromatic heterocycles. The van der Waals surface area contributed by atoms with E-state index < -0.39 is 0 Å². The molecule has 3 heteroatoms. The van der Waals surface area contributed by atoms with Gasteiger partial charge in [0.1, 0.15) is 5.82 Å². The van der Waals surface area contributed by atoms with Crippen LogP contribution in [0.25, 0.3) is 0 Å². The molecule has 2 aromatic carbocycles. The summed E-state index contributed by atoms with van der Waals surface area (Å²) in [5, 5.41) is 2.85. The van der Waals surface area contributed by atoms with Gasteiger partial charge in [-0.2, -0.15) is 0 Å². The average Bonchev–Trinajstić information content (AvgIpc) is 2.41. The second kappa shape index (κ2) is 6.14. The summed E-state index contributed by atoms with van der Waals surface area (Å²) in [5.41, 5.74) is 2.77. The fraction of sp³-hybridized carbons (Fsp3) is 0.188. The molecule has 2 rings (SSSR count). The fourth-order valence-electron chi connectivity index (χ4n) is 1.86. The van der Waals surface area contributed by atoms with Gasteiger partial charge in [-0.05, 0) is 41.8 Å². The van der Waals surface area contributed by atoms with Crippen LogP contribution >= 0.6 is 0 Å². The number of benzene rings is 2. The highest BCUT2D eigenvalue weighted by Gasteiger charge is 2.04. The Balaban J connectivity index is 1.99. The molecule has 0 heterocycles. The number of hydrogen-bond donors (Lipinski definition) is 1. The molecule has 0 saturated carbocycles. The van der Waals surface area contributed by atoms with E-state index in [1.54, 1.807) is 12.1 Å². The summed E-state index contributed by atoms with van der Waals surface area (Å²) in [7, 11) is 0. The molecule has 0 aliphatic rings. The zero-order valence-corrected chi connectivity index (χ0v) is 10.8. The van der Waals surface area contributed by atoms with Crippen molar-refractivity contribution in [3.05, 3.63) is 65.5 Å². The Hall–Kier alpha value is -2.16. The van der Waals surface area contributed by atoms with Crippen LogP contribution in [0.1, 0.15) is 18.1 Å². The molecule has 0 saturated heterocycles. The van der Waals surface area contributed by atoms with Gasteiger partial charge in [-0.1, -0.05) is 31.2 Å². The summed E-state index contributed by atoms with van der Waals surface area (Å²) >= 11 is 0. The standard InChI is InChI=1S/C16H16FNO/c1-2-12-4-3-5-15(10-12)18-16(19)11-13-6-8-14(17)9-7-13/h3-10H,2,11H2,1H3,(H,18,19). The summed E-state index contributed by atoms with van der Waals surface area (Å²) in [6.07, 6.45) is 1.18. The van der Waals surface area contributed by atoms with Crippen LogP contribution in [0, 0.1) is 5.82 Å². The minimum atomic E-state index is -0.292. The molecule has 0 bridgehead atoms. The van der Waals surface area contributed by atoms with E-state index in [0.29, 0.717) is 0 Å². The first-order valence-corrected chi connectivity index (χ1v) is 6.30. The monoisotopic (exact) mass is 257 g/mol. The number of aryl methyl sites for hydroxylation is 1. The first-order valence-electron chi connectivity index (χ1n) is 6.30. The molecule has 0 fully saturated rings. The normalized spacial score (nSPS) is 10.2. The third-order valence-corrected chi connectivity index (χ3v) is 2.90. The van der Waals surface area contributed by atoms with E-state index in [-0.39, 0.29) is 18.1 Å².